The van der Waals surface area contributed by atoms with Gasteiger partial charge in [0.1, 0.15) is 0 Å². The molecule has 3 rings (SSSR count). The molecule has 1 saturated heterocycles. The lowest BCUT2D eigenvalue weighted by atomic mass is 10.6. The Bertz CT molecular complexity index is 307. The molecule has 0 aromatic carbocycles. The van der Waals surface area contributed by atoms with Crippen molar-refractivity contribution in [3.8, 4) is 0 Å². The van der Waals surface area contributed by atoms with Crippen LogP contribution in [0.25, 0.3) is 0 Å². The number of aromatic nitrogens is 4. The zero-order chi connectivity index (χ0) is 8.67. The summed E-state index contributed by atoms with van der Waals surface area (Å²) in [6.07, 6.45) is 2.88. The van der Waals surface area contributed by atoms with Crippen LogP contribution in [0.1, 0.15) is 18.9 Å². The van der Waals surface area contributed by atoms with Crippen LogP contribution in [0.2, 0.25) is 0 Å². The Morgan fingerprint density at radius 1 is 1.54 bits per heavy atom. The Kier molecular flexibility index (Phi) is 1.76. The molecule has 6 heteroatoms. The topological polar surface area (TPSA) is 56.1 Å². The van der Waals surface area contributed by atoms with Crippen molar-refractivity contribution >= 4 is 11.8 Å². The average Bonchev–Trinajstić information content (AvgIpc) is 3.03. The van der Waals surface area contributed by atoms with Gasteiger partial charge in [0, 0.05) is 5.75 Å². The molecule has 2 aliphatic rings. The van der Waals surface area contributed by atoms with Gasteiger partial charge in [0.25, 0.3) is 0 Å². The van der Waals surface area contributed by atoms with Gasteiger partial charge in [0.2, 0.25) is 5.16 Å². The van der Waals surface area contributed by atoms with E-state index in [-0.39, 0.29) is 0 Å². The Balaban J connectivity index is 1.67. The van der Waals surface area contributed by atoms with Crippen molar-refractivity contribution in [2.24, 2.45) is 0 Å². The van der Waals surface area contributed by atoms with Gasteiger partial charge in [-0.25, -0.2) is 4.68 Å². The molecule has 0 spiro atoms. The van der Waals surface area contributed by atoms with Gasteiger partial charge in [-0.05, 0) is 23.3 Å². The molecule has 0 bridgehead atoms. The van der Waals surface area contributed by atoms with Crippen LogP contribution in [0.4, 0.5) is 0 Å². The molecule has 1 saturated carbocycles. The lowest BCUT2D eigenvalue weighted by molar-refractivity contribution is 0.426. The van der Waals surface area contributed by atoms with Crippen LogP contribution in [-0.4, -0.2) is 38.7 Å². The van der Waals surface area contributed by atoms with Gasteiger partial charge in [-0.3, -0.25) is 0 Å². The number of thioether (sulfide) groups is 1. The van der Waals surface area contributed by atoms with Crippen molar-refractivity contribution in [3.05, 3.63) is 0 Å². The molecular formula is C7H10N4OS. The fourth-order valence-corrected chi connectivity index (χ4v) is 2.10. The minimum Gasteiger partial charge on any atom is -0.372 e. The third-order valence-electron chi connectivity index (χ3n) is 2.16. The van der Waals surface area contributed by atoms with Crippen molar-refractivity contribution < 1.29 is 4.74 Å². The zero-order valence-corrected chi connectivity index (χ0v) is 7.90. The molecule has 1 atom stereocenters. The molecule has 1 aromatic heterocycles. The van der Waals surface area contributed by atoms with Crippen molar-refractivity contribution in [2.75, 3.05) is 12.4 Å². The Labute approximate surface area is 79.8 Å². The van der Waals surface area contributed by atoms with E-state index in [2.05, 4.69) is 15.5 Å². The van der Waals surface area contributed by atoms with Crippen LogP contribution >= 0.6 is 11.8 Å². The van der Waals surface area contributed by atoms with E-state index in [0.717, 1.165) is 17.5 Å². The molecule has 0 radical (unpaired) electrons. The van der Waals surface area contributed by atoms with Crippen LogP contribution in [0.5, 0.6) is 0 Å². The first-order chi connectivity index (χ1) is 6.43. The SMILES string of the molecule is C1OC1CSc1nnnn1C1CC1. The molecule has 5 nitrogen and oxygen atoms in total. The molecule has 1 aliphatic heterocycles. The maximum atomic E-state index is 5.12. The van der Waals surface area contributed by atoms with Gasteiger partial charge in [-0.2, -0.15) is 0 Å². The molecule has 13 heavy (non-hydrogen) atoms. The summed E-state index contributed by atoms with van der Waals surface area (Å²) in [6.45, 7) is 0.901. The first-order valence-corrected chi connectivity index (χ1v) is 5.44. The number of rotatable bonds is 4. The van der Waals surface area contributed by atoms with E-state index in [9.17, 15) is 0 Å². The predicted octanol–water partition coefficient (Wildman–Crippen LogP) is 0.499. The zero-order valence-electron chi connectivity index (χ0n) is 7.09. The highest BCUT2D eigenvalue weighted by molar-refractivity contribution is 7.99. The average molecular weight is 198 g/mol. The fraction of sp³-hybridized carbons (Fsp3) is 0.857. The Hall–Kier alpha value is -0.620. The highest BCUT2D eigenvalue weighted by atomic mass is 32.2. The minimum atomic E-state index is 0.439. The van der Waals surface area contributed by atoms with E-state index in [0.29, 0.717) is 12.1 Å². The van der Waals surface area contributed by atoms with Gasteiger partial charge in [0.15, 0.2) is 0 Å². The van der Waals surface area contributed by atoms with Crippen LogP contribution in [0, 0.1) is 0 Å². The van der Waals surface area contributed by atoms with E-state index >= 15 is 0 Å². The molecule has 1 unspecified atom stereocenters. The Morgan fingerprint density at radius 2 is 2.38 bits per heavy atom. The molecule has 2 heterocycles. The number of tetrazole rings is 1. The standard InChI is InChI=1S/C7H10N4OS/c1-2-5(1)11-7(8-9-10-11)13-4-6-3-12-6/h5-6H,1-4H2. The van der Waals surface area contributed by atoms with Crippen molar-refractivity contribution in [3.63, 3.8) is 0 Å². The van der Waals surface area contributed by atoms with E-state index < -0.39 is 0 Å². The normalized spacial score (nSPS) is 26.3. The number of epoxide rings is 1. The predicted molar refractivity (Wildman–Crippen MR) is 46.6 cm³/mol. The van der Waals surface area contributed by atoms with Gasteiger partial charge in [0.05, 0.1) is 18.8 Å². The van der Waals surface area contributed by atoms with Gasteiger partial charge in [-0.1, -0.05) is 11.8 Å². The van der Waals surface area contributed by atoms with Crippen LogP contribution in [-0.2, 0) is 4.74 Å². The second kappa shape index (κ2) is 2.95. The highest BCUT2D eigenvalue weighted by Crippen LogP contribution is 2.36. The second-order valence-corrected chi connectivity index (χ2v) is 4.39. The van der Waals surface area contributed by atoms with Crippen molar-refractivity contribution in [1.29, 1.82) is 0 Å². The first kappa shape index (κ1) is 7.75. The third kappa shape index (κ3) is 1.68. The summed E-state index contributed by atoms with van der Waals surface area (Å²) in [6, 6.07) is 0.567. The molecule has 1 aliphatic carbocycles. The maximum absolute atomic E-state index is 5.12. The summed E-state index contributed by atoms with van der Waals surface area (Å²) in [4.78, 5) is 0. The monoisotopic (exact) mass is 198 g/mol. The quantitative estimate of drug-likeness (QED) is 0.521. The summed E-state index contributed by atoms with van der Waals surface area (Å²) in [5.41, 5.74) is 0. The summed E-state index contributed by atoms with van der Waals surface area (Å²) >= 11 is 1.69. The van der Waals surface area contributed by atoms with Gasteiger partial charge in [-0.15, -0.1) is 5.10 Å². The minimum absolute atomic E-state index is 0.439. The smallest absolute Gasteiger partial charge is 0.209 e. The molecule has 0 amide bonds. The van der Waals surface area contributed by atoms with Crippen molar-refractivity contribution in [1.82, 2.24) is 20.2 Å². The van der Waals surface area contributed by atoms with E-state index in [1.54, 1.807) is 11.8 Å². The number of nitrogens with zero attached hydrogens (tertiary/aromatic N) is 4. The molecule has 2 fully saturated rings. The van der Waals surface area contributed by atoms with Crippen LogP contribution in [0.15, 0.2) is 5.16 Å². The summed E-state index contributed by atoms with van der Waals surface area (Å²) in [5.74, 6) is 0.979. The first-order valence-electron chi connectivity index (χ1n) is 4.46. The summed E-state index contributed by atoms with van der Waals surface area (Å²) in [5, 5.41) is 12.6. The lowest BCUT2D eigenvalue weighted by Gasteiger charge is -1.99. The largest absolute Gasteiger partial charge is 0.372 e. The van der Waals surface area contributed by atoms with Crippen LogP contribution in [0.3, 0.4) is 0 Å². The second-order valence-electron chi connectivity index (χ2n) is 3.40. The maximum Gasteiger partial charge on any atom is 0.209 e. The molecule has 70 valence electrons. The fourth-order valence-electron chi connectivity index (χ4n) is 1.16. The molecule has 0 N–H and O–H groups in total. The molecule has 1 aromatic rings. The summed E-state index contributed by atoms with van der Waals surface area (Å²) < 4.78 is 7.06. The van der Waals surface area contributed by atoms with E-state index in [4.69, 9.17) is 4.74 Å². The number of ether oxygens (including phenoxy) is 1. The number of hydrogen-bond donors (Lipinski definition) is 0. The van der Waals surface area contributed by atoms with Gasteiger partial charge < -0.3 is 4.74 Å². The lowest BCUT2D eigenvalue weighted by Crippen LogP contribution is -2.00. The summed E-state index contributed by atoms with van der Waals surface area (Å²) in [7, 11) is 0. The number of hydrogen-bond acceptors (Lipinski definition) is 5. The van der Waals surface area contributed by atoms with Gasteiger partial charge >= 0.3 is 0 Å². The van der Waals surface area contributed by atoms with Crippen molar-refractivity contribution in [2.45, 2.75) is 30.1 Å². The highest BCUT2D eigenvalue weighted by Gasteiger charge is 2.29. The molecular weight excluding hydrogens is 188 g/mol. The third-order valence-corrected chi connectivity index (χ3v) is 3.22. The van der Waals surface area contributed by atoms with E-state index in [1.165, 1.54) is 12.8 Å². The van der Waals surface area contributed by atoms with Crippen LogP contribution < -0.4 is 0 Å². The van der Waals surface area contributed by atoms with E-state index in [1.807, 2.05) is 4.68 Å². The Morgan fingerprint density at radius 3 is 3.08 bits per heavy atom.